The zero-order valence-corrected chi connectivity index (χ0v) is 12.4. The summed E-state index contributed by atoms with van der Waals surface area (Å²) >= 11 is 0. The van der Waals surface area contributed by atoms with Gasteiger partial charge in [0.2, 0.25) is 0 Å². The van der Waals surface area contributed by atoms with Crippen LogP contribution in [0.4, 0.5) is 11.4 Å². The Labute approximate surface area is 124 Å². The number of nitrogens with one attached hydrogen (secondary N) is 2. The number of nitrogens with zero attached hydrogens (tertiary/aromatic N) is 1. The smallest absolute Gasteiger partial charge is 0.258 e. The van der Waals surface area contributed by atoms with Gasteiger partial charge >= 0.3 is 0 Å². The number of aromatic nitrogens is 2. The number of fused-ring (bicyclic) bond motifs is 1. The molecule has 0 aliphatic heterocycles. The van der Waals surface area contributed by atoms with Crippen molar-refractivity contribution in [3.8, 4) is 0 Å². The standard InChI is InChI=1S/C16H22N4O/c1-2-10-4-3-5-11(6-10)20-15-8-14-12(7-13(15)17)16(21)19-9-18-14/h7-11,20H,2-6,17H2,1H3,(H,18,19,21). The lowest BCUT2D eigenvalue weighted by Gasteiger charge is -2.30. The molecule has 1 aliphatic rings. The third-order valence-electron chi connectivity index (χ3n) is 4.53. The van der Waals surface area contributed by atoms with E-state index in [4.69, 9.17) is 5.73 Å². The predicted molar refractivity (Wildman–Crippen MR) is 86.4 cm³/mol. The SMILES string of the molecule is CCC1CCCC(Nc2cc3nc[nH]c(=O)c3cc2N)C1. The fourth-order valence-electron chi connectivity index (χ4n) is 3.27. The van der Waals surface area contributed by atoms with Gasteiger partial charge in [-0.3, -0.25) is 4.79 Å². The van der Waals surface area contributed by atoms with Gasteiger partial charge in [0.15, 0.2) is 0 Å². The minimum Gasteiger partial charge on any atom is -0.397 e. The van der Waals surface area contributed by atoms with Crippen molar-refractivity contribution in [1.29, 1.82) is 0 Å². The van der Waals surface area contributed by atoms with Crippen LogP contribution >= 0.6 is 0 Å². The molecule has 1 saturated carbocycles. The largest absolute Gasteiger partial charge is 0.397 e. The summed E-state index contributed by atoms with van der Waals surface area (Å²) in [5.41, 5.74) is 8.13. The molecule has 1 aromatic heterocycles. The molecule has 5 heteroatoms. The number of nitrogen functional groups attached to an aromatic ring is 1. The summed E-state index contributed by atoms with van der Waals surface area (Å²) in [6, 6.07) is 4.06. The van der Waals surface area contributed by atoms with E-state index in [-0.39, 0.29) is 5.56 Å². The highest BCUT2D eigenvalue weighted by Crippen LogP contribution is 2.31. The van der Waals surface area contributed by atoms with Crippen LogP contribution in [0.25, 0.3) is 10.9 Å². The van der Waals surface area contributed by atoms with Crippen LogP contribution in [0.5, 0.6) is 0 Å². The number of benzene rings is 1. The quantitative estimate of drug-likeness (QED) is 0.757. The topological polar surface area (TPSA) is 83.8 Å². The molecular formula is C16H22N4O. The molecular weight excluding hydrogens is 264 g/mol. The Bertz CT molecular complexity index is 694. The maximum absolute atomic E-state index is 11.7. The molecule has 3 rings (SSSR count). The number of hydrogen-bond donors (Lipinski definition) is 3. The van der Waals surface area contributed by atoms with E-state index in [1.54, 1.807) is 6.07 Å². The predicted octanol–water partition coefficient (Wildman–Crippen LogP) is 2.89. The third kappa shape index (κ3) is 2.86. The summed E-state index contributed by atoms with van der Waals surface area (Å²) in [4.78, 5) is 18.5. The summed E-state index contributed by atoms with van der Waals surface area (Å²) in [7, 11) is 0. The molecule has 1 fully saturated rings. The van der Waals surface area contributed by atoms with E-state index in [0.717, 1.165) is 11.6 Å². The van der Waals surface area contributed by atoms with Crippen molar-refractivity contribution in [3.63, 3.8) is 0 Å². The average molecular weight is 286 g/mol. The normalized spacial score (nSPS) is 22.3. The van der Waals surface area contributed by atoms with Crippen LogP contribution in [0.2, 0.25) is 0 Å². The van der Waals surface area contributed by atoms with Gasteiger partial charge in [-0.2, -0.15) is 0 Å². The van der Waals surface area contributed by atoms with E-state index in [9.17, 15) is 4.79 Å². The van der Waals surface area contributed by atoms with E-state index < -0.39 is 0 Å². The molecule has 2 unspecified atom stereocenters. The highest BCUT2D eigenvalue weighted by molar-refractivity contribution is 5.88. The van der Waals surface area contributed by atoms with Crippen LogP contribution < -0.4 is 16.6 Å². The van der Waals surface area contributed by atoms with Crippen molar-refractivity contribution >= 4 is 22.3 Å². The Morgan fingerprint density at radius 1 is 1.43 bits per heavy atom. The van der Waals surface area contributed by atoms with Gasteiger partial charge in [0.05, 0.1) is 28.6 Å². The number of rotatable bonds is 3. The van der Waals surface area contributed by atoms with Gasteiger partial charge in [-0.1, -0.05) is 26.2 Å². The molecule has 2 aromatic rings. The molecule has 2 atom stereocenters. The lowest BCUT2D eigenvalue weighted by molar-refractivity contribution is 0.327. The lowest BCUT2D eigenvalue weighted by Crippen LogP contribution is -2.27. The minimum atomic E-state index is -0.151. The zero-order chi connectivity index (χ0) is 14.8. The molecule has 1 heterocycles. The Morgan fingerprint density at radius 3 is 3.10 bits per heavy atom. The molecule has 0 bridgehead atoms. The molecule has 5 nitrogen and oxygen atoms in total. The van der Waals surface area contributed by atoms with Gasteiger partial charge in [-0.15, -0.1) is 0 Å². The van der Waals surface area contributed by atoms with E-state index >= 15 is 0 Å². The van der Waals surface area contributed by atoms with E-state index in [1.165, 1.54) is 38.4 Å². The molecule has 21 heavy (non-hydrogen) atoms. The van der Waals surface area contributed by atoms with Gasteiger partial charge in [0.1, 0.15) is 0 Å². The molecule has 0 saturated heterocycles. The molecule has 1 aromatic carbocycles. The Hall–Kier alpha value is -2.04. The van der Waals surface area contributed by atoms with Crippen LogP contribution in [0.15, 0.2) is 23.3 Å². The summed E-state index contributed by atoms with van der Waals surface area (Å²) in [6.07, 6.45) is 7.63. The van der Waals surface area contributed by atoms with Crippen molar-refractivity contribution in [2.45, 2.75) is 45.1 Å². The van der Waals surface area contributed by atoms with Crippen LogP contribution in [0.3, 0.4) is 0 Å². The molecule has 0 radical (unpaired) electrons. The summed E-state index contributed by atoms with van der Waals surface area (Å²) in [5.74, 6) is 0.805. The van der Waals surface area contributed by atoms with Gasteiger partial charge < -0.3 is 16.0 Å². The van der Waals surface area contributed by atoms with Gasteiger partial charge in [0, 0.05) is 6.04 Å². The molecule has 0 amide bonds. The molecule has 0 spiro atoms. The summed E-state index contributed by atoms with van der Waals surface area (Å²) in [6.45, 7) is 2.26. The fourth-order valence-corrected chi connectivity index (χ4v) is 3.27. The third-order valence-corrected chi connectivity index (χ3v) is 4.53. The number of anilines is 2. The maximum atomic E-state index is 11.7. The Kier molecular flexibility index (Phi) is 3.82. The Balaban J connectivity index is 1.87. The second kappa shape index (κ2) is 5.76. The second-order valence-corrected chi connectivity index (χ2v) is 5.97. The Morgan fingerprint density at radius 2 is 2.29 bits per heavy atom. The maximum Gasteiger partial charge on any atom is 0.258 e. The van der Waals surface area contributed by atoms with Crippen molar-refractivity contribution in [1.82, 2.24) is 9.97 Å². The first-order valence-electron chi connectivity index (χ1n) is 7.71. The second-order valence-electron chi connectivity index (χ2n) is 5.97. The molecule has 1 aliphatic carbocycles. The van der Waals surface area contributed by atoms with Gasteiger partial charge in [-0.05, 0) is 30.9 Å². The first-order valence-corrected chi connectivity index (χ1v) is 7.71. The van der Waals surface area contributed by atoms with E-state index in [1.807, 2.05) is 6.07 Å². The van der Waals surface area contributed by atoms with E-state index in [0.29, 0.717) is 22.6 Å². The lowest BCUT2D eigenvalue weighted by atomic mass is 9.84. The molecule has 4 N–H and O–H groups in total. The number of nitrogens with two attached hydrogens (primary N) is 1. The van der Waals surface area contributed by atoms with E-state index in [2.05, 4.69) is 22.2 Å². The monoisotopic (exact) mass is 286 g/mol. The van der Waals surface area contributed by atoms with Gasteiger partial charge in [0.25, 0.3) is 5.56 Å². The zero-order valence-electron chi connectivity index (χ0n) is 12.4. The van der Waals surface area contributed by atoms with Crippen LogP contribution in [-0.2, 0) is 0 Å². The van der Waals surface area contributed by atoms with Crippen LogP contribution in [0.1, 0.15) is 39.0 Å². The number of hydrogen-bond acceptors (Lipinski definition) is 4. The van der Waals surface area contributed by atoms with Crippen molar-refractivity contribution < 1.29 is 0 Å². The van der Waals surface area contributed by atoms with Crippen LogP contribution in [0, 0.1) is 5.92 Å². The average Bonchev–Trinajstić information content (AvgIpc) is 2.49. The first kappa shape index (κ1) is 13.9. The van der Waals surface area contributed by atoms with Crippen LogP contribution in [-0.4, -0.2) is 16.0 Å². The van der Waals surface area contributed by atoms with Crippen molar-refractivity contribution in [2.75, 3.05) is 11.1 Å². The first-order chi connectivity index (χ1) is 10.2. The van der Waals surface area contributed by atoms with Gasteiger partial charge in [-0.25, -0.2) is 4.98 Å². The minimum absolute atomic E-state index is 0.151. The number of H-pyrrole nitrogens is 1. The molecule has 112 valence electrons. The summed E-state index contributed by atoms with van der Waals surface area (Å²) < 4.78 is 0. The highest BCUT2D eigenvalue weighted by Gasteiger charge is 2.21. The highest BCUT2D eigenvalue weighted by atomic mass is 16.1. The summed E-state index contributed by atoms with van der Waals surface area (Å²) in [5, 5.41) is 4.09. The van der Waals surface area contributed by atoms with Crippen molar-refractivity contribution in [3.05, 3.63) is 28.8 Å². The fraction of sp³-hybridized carbons (Fsp3) is 0.500. The van der Waals surface area contributed by atoms with Crippen molar-refractivity contribution in [2.24, 2.45) is 5.92 Å². The number of aromatic amines is 1.